The van der Waals surface area contributed by atoms with Gasteiger partial charge in [0.2, 0.25) is 5.66 Å². The van der Waals surface area contributed by atoms with Crippen LogP contribution in [0.1, 0.15) is 219 Å². The van der Waals surface area contributed by atoms with Gasteiger partial charge in [0, 0.05) is 23.1 Å². The van der Waals surface area contributed by atoms with E-state index in [9.17, 15) is 15.3 Å². The van der Waals surface area contributed by atoms with E-state index in [-0.39, 0.29) is 17.9 Å². The van der Waals surface area contributed by atoms with Gasteiger partial charge in [-0.2, -0.15) is 0 Å². The molecule has 4 rings (SSSR count). The number of nitrogens with one attached hydrogen (secondary N) is 1. The van der Waals surface area contributed by atoms with Gasteiger partial charge in [0.15, 0.2) is 11.5 Å². The van der Waals surface area contributed by atoms with E-state index in [2.05, 4.69) is 58.1 Å². The number of phenolic OH excluding ortho intramolecular Hbond substituents is 2. The molecule has 0 aromatic heterocycles. The molecule has 2 atom stereocenters. The second-order valence-electron chi connectivity index (χ2n) is 19.4. The molecule has 0 fully saturated rings. The fraction of sp³-hybridized carbons (Fsp3) is 0.655. The van der Waals surface area contributed by atoms with Gasteiger partial charge in [-0.15, -0.1) is 0 Å². The molecule has 3 aromatic rings. The van der Waals surface area contributed by atoms with Crippen molar-refractivity contribution in [2.24, 2.45) is 9.98 Å². The lowest BCUT2D eigenvalue weighted by molar-refractivity contribution is -0.413. The van der Waals surface area contributed by atoms with Crippen LogP contribution in [0.4, 0.5) is 0 Å². The van der Waals surface area contributed by atoms with Gasteiger partial charge in [0.1, 0.15) is 11.9 Å². The summed E-state index contributed by atoms with van der Waals surface area (Å²) in [5, 5.41) is 39.8. The molecule has 2 unspecified atom stereocenters. The third-order valence-corrected chi connectivity index (χ3v) is 13.5. The van der Waals surface area contributed by atoms with Crippen LogP contribution in [0.25, 0.3) is 0 Å². The number of rotatable bonds is 36. The summed E-state index contributed by atoms with van der Waals surface area (Å²) < 4.78 is 19.9. The number of hydrogen-bond donors (Lipinski definition) is 4. The molecule has 0 amide bonds. The maximum Gasteiger partial charge on any atom is 0.310 e. The molecule has 9 heteroatoms. The van der Waals surface area contributed by atoms with Crippen molar-refractivity contribution in [3.05, 3.63) is 93.0 Å². The number of aryl methyl sites for hydroxylation is 4. The zero-order valence-corrected chi connectivity index (χ0v) is 43.0. The number of benzene rings is 3. The molecule has 67 heavy (non-hydrogen) atoms. The van der Waals surface area contributed by atoms with Gasteiger partial charge in [-0.25, -0.2) is 9.98 Å². The van der Waals surface area contributed by atoms with E-state index in [1.807, 2.05) is 32.0 Å². The van der Waals surface area contributed by atoms with Crippen molar-refractivity contribution in [2.75, 3.05) is 19.8 Å². The SMILES string of the molecule is CCCCCCCCCCOC(OCCCCCCCCCC)(OCCCCCCCCCC)C(O)Cc1ccc(C2(c3ccc(C)cc3C)N=CNC(c3ccc(C)cc3C)=N2)c(O)c1O. The number of hydrogen-bond acceptors (Lipinski definition) is 9. The number of aliphatic hydroxyl groups excluding tert-OH is 1. The van der Waals surface area contributed by atoms with E-state index in [1.165, 1.54) is 96.3 Å². The zero-order chi connectivity index (χ0) is 48.3. The number of aliphatic hydroxyl groups is 1. The lowest BCUT2D eigenvalue weighted by Crippen LogP contribution is -2.51. The van der Waals surface area contributed by atoms with Gasteiger partial charge >= 0.3 is 5.97 Å². The normalized spacial score (nSPS) is 15.5. The van der Waals surface area contributed by atoms with Crippen LogP contribution in [0.15, 0.2) is 58.5 Å². The quantitative estimate of drug-likeness (QED) is 0.0260. The number of aromatic hydroxyl groups is 2. The first-order valence-corrected chi connectivity index (χ1v) is 26.7. The van der Waals surface area contributed by atoms with Crippen molar-refractivity contribution >= 4 is 12.2 Å². The molecule has 4 N–H and O–H groups in total. The van der Waals surface area contributed by atoms with Gasteiger partial charge in [-0.1, -0.05) is 209 Å². The second kappa shape index (κ2) is 30.7. The van der Waals surface area contributed by atoms with E-state index in [0.29, 0.717) is 36.8 Å². The average Bonchev–Trinajstić information content (AvgIpc) is 3.31. The summed E-state index contributed by atoms with van der Waals surface area (Å²) in [7, 11) is 0. The Balaban J connectivity index is 1.65. The molecule has 3 aromatic carbocycles. The summed E-state index contributed by atoms with van der Waals surface area (Å²) in [4.78, 5) is 10.2. The molecule has 374 valence electrons. The van der Waals surface area contributed by atoms with Crippen LogP contribution < -0.4 is 5.32 Å². The van der Waals surface area contributed by atoms with Gasteiger partial charge in [0.25, 0.3) is 0 Å². The van der Waals surface area contributed by atoms with Crippen LogP contribution in [0, 0.1) is 27.7 Å². The van der Waals surface area contributed by atoms with Crippen LogP contribution >= 0.6 is 0 Å². The van der Waals surface area contributed by atoms with E-state index >= 15 is 0 Å². The zero-order valence-electron chi connectivity index (χ0n) is 43.0. The predicted molar refractivity (Wildman–Crippen MR) is 279 cm³/mol. The highest BCUT2D eigenvalue weighted by molar-refractivity contribution is 6.07. The monoisotopic (exact) mass is 926 g/mol. The average molecular weight is 926 g/mol. The first-order valence-electron chi connectivity index (χ1n) is 26.7. The molecule has 0 saturated carbocycles. The largest absolute Gasteiger partial charge is 0.504 e. The Morgan fingerprint density at radius 1 is 0.537 bits per heavy atom. The topological polar surface area (TPSA) is 125 Å². The number of nitrogens with zero attached hydrogens (tertiary/aromatic N) is 2. The number of aliphatic imine (C=N–C) groups is 2. The fourth-order valence-electron chi connectivity index (χ4n) is 9.40. The number of ether oxygens (including phenoxy) is 3. The molecule has 0 radical (unpaired) electrons. The highest BCUT2D eigenvalue weighted by atomic mass is 16.9. The van der Waals surface area contributed by atoms with Crippen molar-refractivity contribution in [3.63, 3.8) is 0 Å². The minimum Gasteiger partial charge on any atom is -0.504 e. The summed E-state index contributed by atoms with van der Waals surface area (Å²) in [6.07, 6.45) is 28.0. The summed E-state index contributed by atoms with van der Waals surface area (Å²) in [5.41, 5.74) is 5.16. The predicted octanol–water partition coefficient (Wildman–Crippen LogP) is 14.6. The molecule has 1 heterocycles. The smallest absolute Gasteiger partial charge is 0.310 e. The Bertz CT molecular complexity index is 1870. The van der Waals surface area contributed by atoms with Crippen molar-refractivity contribution in [3.8, 4) is 11.5 Å². The molecule has 0 bridgehead atoms. The van der Waals surface area contributed by atoms with E-state index < -0.39 is 17.7 Å². The Morgan fingerprint density at radius 3 is 1.43 bits per heavy atom. The van der Waals surface area contributed by atoms with E-state index in [1.54, 1.807) is 18.5 Å². The Hall–Kier alpha value is -3.76. The summed E-state index contributed by atoms with van der Waals surface area (Å²) in [6, 6.07) is 15.8. The van der Waals surface area contributed by atoms with Crippen molar-refractivity contribution in [1.29, 1.82) is 0 Å². The van der Waals surface area contributed by atoms with Crippen LogP contribution in [-0.2, 0) is 26.3 Å². The summed E-state index contributed by atoms with van der Waals surface area (Å²) >= 11 is 0. The molecule has 0 saturated heterocycles. The van der Waals surface area contributed by atoms with Crippen LogP contribution in [0.3, 0.4) is 0 Å². The maximum absolute atomic E-state index is 12.4. The number of unbranched alkanes of at least 4 members (excludes halogenated alkanes) is 21. The molecule has 9 nitrogen and oxygen atoms in total. The van der Waals surface area contributed by atoms with Gasteiger partial charge in [0.05, 0.1) is 31.7 Å². The van der Waals surface area contributed by atoms with E-state index in [0.717, 1.165) is 91.2 Å². The standard InChI is InChI=1S/C58H91N3O6/c1-8-11-14-17-20-23-26-29-38-65-58(66-39-30-27-24-21-18-15-12-9-2,67-40-31-28-25-22-19-16-13-10-3)53(62)43-49-34-37-52(55(64)54(49)63)57(51-36-33-46(5)42-48(51)7)60-44-59-56(61-57)50-35-32-45(4)41-47(50)6/h32-37,41-42,44,53,62-64H,8-31,38-40,43H2,1-7H3,(H,59,60,61). The number of amidine groups is 1. The fourth-order valence-corrected chi connectivity index (χ4v) is 9.40. The van der Waals surface area contributed by atoms with Crippen molar-refractivity contribution in [1.82, 2.24) is 5.32 Å². The Labute approximate surface area is 406 Å². The molecular weight excluding hydrogens is 835 g/mol. The van der Waals surface area contributed by atoms with E-state index in [4.69, 9.17) is 24.2 Å². The molecule has 0 spiro atoms. The third kappa shape index (κ3) is 17.6. The van der Waals surface area contributed by atoms with Crippen LogP contribution in [0.5, 0.6) is 11.5 Å². The van der Waals surface area contributed by atoms with Crippen LogP contribution in [-0.4, -0.2) is 59.4 Å². The Morgan fingerprint density at radius 2 is 0.970 bits per heavy atom. The summed E-state index contributed by atoms with van der Waals surface area (Å²) in [6.45, 7) is 16.0. The molecular formula is C58H91N3O6. The second-order valence-corrected chi connectivity index (χ2v) is 19.4. The van der Waals surface area contributed by atoms with Crippen molar-refractivity contribution in [2.45, 2.75) is 227 Å². The van der Waals surface area contributed by atoms with Crippen LogP contribution in [0.2, 0.25) is 0 Å². The molecule has 1 aliphatic heterocycles. The lowest BCUT2D eigenvalue weighted by atomic mass is 9.86. The molecule has 0 aliphatic carbocycles. The van der Waals surface area contributed by atoms with Gasteiger partial charge < -0.3 is 34.8 Å². The highest BCUT2D eigenvalue weighted by Gasteiger charge is 2.44. The summed E-state index contributed by atoms with van der Waals surface area (Å²) in [5.74, 6) is -1.83. The maximum atomic E-state index is 12.4. The lowest BCUT2D eigenvalue weighted by Gasteiger charge is -2.37. The third-order valence-electron chi connectivity index (χ3n) is 13.5. The Kier molecular flexibility index (Phi) is 25.6. The first kappa shape index (κ1) is 55.8. The number of phenols is 2. The van der Waals surface area contributed by atoms with Gasteiger partial charge in [-0.3, -0.25) is 0 Å². The molecule has 1 aliphatic rings. The van der Waals surface area contributed by atoms with Gasteiger partial charge in [-0.05, 0) is 64.2 Å². The minimum absolute atomic E-state index is 0.0789. The van der Waals surface area contributed by atoms with Crippen molar-refractivity contribution < 1.29 is 29.5 Å². The first-order chi connectivity index (χ1) is 32.5. The highest BCUT2D eigenvalue weighted by Crippen LogP contribution is 2.47. The minimum atomic E-state index is -1.74.